The summed E-state index contributed by atoms with van der Waals surface area (Å²) in [7, 11) is 4.14. The lowest BCUT2D eigenvalue weighted by molar-refractivity contribution is 0.194. The minimum absolute atomic E-state index is 0.271. The number of likely N-dealkylation sites (N-methyl/N-ethyl adjacent to an activating group) is 1. The van der Waals surface area contributed by atoms with Crippen molar-refractivity contribution in [3.05, 3.63) is 0 Å². The number of aliphatic hydroxyl groups excluding tert-OH is 1. The van der Waals surface area contributed by atoms with E-state index in [2.05, 4.69) is 24.3 Å². The predicted octanol–water partition coefficient (Wildman–Crippen LogP) is 0.299. The van der Waals surface area contributed by atoms with Crippen molar-refractivity contribution < 1.29 is 5.11 Å². The molecule has 0 amide bonds. The highest BCUT2D eigenvalue weighted by Crippen LogP contribution is 2.25. The van der Waals surface area contributed by atoms with Gasteiger partial charge in [-0.1, -0.05) is 6.42 Å². The first-order valence-corrected chi connectivity index (χ1v) is 5.24. The molecule has 0 aliphatic heterocycles. The van der Waals surface area contributed by atoms with Crippen molar-refractivity contribution in [1.29, 1.82) is 0 Å². The summed E-state index contributed by atoms with van der Waals surface area (Å²) in [6.45, 7) is 2.19. The van der Waals surface area contributed by atoms with Crippen molar-refractivity contribution in [3.63, 3.8) is 0 Å². The Kier molecular flexibility index (Phi) is 4.70. The lowest BCUT2D eigenvalue weighted by Gasteiger charge is -2.24. The summed E-state index contributed by atoms with van der Waals surface area (Å²) >= 11 is 0. The van der Waals surface area contributed by atoms with Crippen LogP contribution in [0.4, 0.5) is 0 Å². The van der Waals surface area contributed by atoms with Crippen LogP contribution in [0.25, 0.3) is 0 Å². The summed E-state index contributed by atoms with van der Waals surface area (Å²) in [4.78, 5) is 2.22. The molecule has 78 valence electrons. The Balaban J connectivity index is 2.26. The minimum Gasteiger partial charge on any atom is -0.395 e. The number of hydrogen-bond donors (Lipinski definition) is 2. The van der Waals surface area contributed by atoms with Gasteiger partial charge in [0.15, 0.2) is 0 Å². The largest absolute Gasteiger partial charge is 0.395 e. The van der Waals surface area contributed by atoms with Gasteiger partial charge in [-0.15, -0.1) is 0 Å². The predicted molar refractivity (Wildman–Crippen MR) is 54.8 cm³/mol. The Hall–Kier alpha value is -0.120. The van der Waals surface area contributed by atoms with Crippen LogP contribution in [0, 0.1) is 5.92 Å². The van der Waals surface area contributed by atoms with E-state index in [4.69, 9.17) is 5.11 Å². The summed E-state index contributed by atoms with van der Waals surface area (Å²) in [5.74, 6) is 0.779. The van der Waals surface area contributed by atoms with Crippen LogP contribution in [0.2, 0.25) is 0 Å². The Labute approximate surface area is 81.1 Å². The Morgan fingerprint density at radius 1 is 1.46 bits per heavy atom. The lowest BCUT2D eigenvalue weighted by atomic mass is 10.0. The molecule has 0 bridgehead atoms. The Bertz CT molecular complexity index is 141. The third-order valence-electron chi connectivity index (χ3n) is 3.06. The molecule has 1 rings (SSSR count). The maximum Gasteiger partial charge on any atom is 0.0558 e. The smallest absolute Gasteiger partial charge is 0.0558 e. The zero-order valence-electron chi connectivity index (χ0n) is 8.79. The van der Waals surface area contributed by atoms with E-state index in [-0.39, 0.29) is 6.61 Å². The van der Waals surface area contributed by atoms with Crippen molar-refractivity contribution in [3.8, 4) is 0 Å². The molecule has 1 saturated carbocycles. The fourth-order valence-corrected chi connectivity index (χ4v) is 2.30. The maximum absolute atomic E-state index is 8.78. The quantitative estimate of drug-likeness (QED) is 0.648. The van der Waals surface area contributed by atoms with Crippen molar-refractivity contribution in [1.82, 2.24) is 10.2 Å². The van der Waals surface area contributed by atoms with Gasteiger partial charge in [-0.2, -0.15) is 0 Å². The van der Waals surface area contributed by atoms with Gasteiger partial charge < -0.3 is 15.3 Å². The van der Waals surface area contributed by atoms with Gasteiger partial charge in [0.25, 0.3) is 0 Å². The van der Waals surface area contributed by atoms with Gasteiger partial charge in [-0.25, -0.2) is 0 Å². The van der Waals surface area contributed by atoms with E-state index in [9.17, 15) is 0 Å². The molecule has 0 saturated heterocycles. The minimum atomic E-state index is 0.271. The number of nitrogens with one attached hydrogen (secondary N) is 1. The first-order valence-electron chi connectivity index (χ1n) is 5.24. The molecule has 0 radical (unpaired) electrons. The third-order valence-corrected chi connectivity index (χ3v) is 3.06. The second-order valence-electron chi connectivity index (χ2n) is 4.07. The standard InChI is InChI=1S/C10H22N2O/c1-11-10-5-3-4-9(10)8-12(2)6-7-13/h9-11,13H,3-8H2,1-2H3. The van der Waals surface area contributed by atoms with Gasteiger partial charge in [0.05, 0.1) is 6.61 Å². The van der Waals surface area contributed by atoms with Crippen LogP contribution < -0.4 is 5.32 Å². The summed E-state index contributed by atoms with van der Waals surface area (Å²) < 4.78 is 0. The van der Waals surface area contributed by atoms with E-state index in [1.54, 1.807) is 0 Å². The molecule has 13 heavy (non-hydrogen) atoms. The van der Waals surface area contributed by atoms with Crippen LogP contribution in [-0.4, -0.2) is 49.8 Å². The zero-order chi connectivity index (χ0) is 9.68. The molecule has 3 heteroatoms. The highest BCUT2D eigenvalue weighted by atomic mass is 16.3. The molecule has 1 fully saturated rings. The summed E-state index contributed by atoms with van der Waals surface area (Å²) in [6.07, 6.45) is 4.00. The number of aliphatic hydroxyl groups is 1. The van der Waals surface area contributed by atoms with Crippen LogP contribution in [-0.2, 0) is 0 Å². The van der Waals surface area contributed by atoms with Crippen molar-refractivity contribution in [2.45, 2.75) is 25.3 Å². The molecule has 2 atom stereocenters. The van der Waals surface area contributed by atoms with E-state index in [1.807, 2.05) is 0 Å². The highest BCUT2D eigenvalue weighted by Gasteiger charge is 2.26. The topological polar surface area (TPSA) is 35.5 Å². The van der Waals surface area contributed by atoms with Crippen LogP contribution in [0.15, 0.2) is 0 Å². The first-order chi connectivity index (χ1) is 6.27. The molecule has 1 aliphatic carbocycles. The molecule has 0 aromatic heterocycles. The number of hydrogen-bond acceptors (Lipinski definition) is 3. The Morgan fingerprint density at radius 3 is 2.85 bits per heavy atom. The van der Waals surface area contributed by atoms with E-state index >= 15 is 0 Å². The fourth-order valence-electron chi connectivity index (χ4n) is 2.30. The summed E-state index contributed by atoms with van der Waals surface area (Å²) in [5, 5.41) is 12.1. The third kappa shape index (κ3) is 3.25. The lowest BCUT2D eigenvalue weighted by Crippen LogP contribution is -2.37. The van der Waals surface area contributed by atoms with E-state index in [0.29, 0.717) is 6.04 Å². The van der Waals surface area contributed by atoms with Gasteiger partial charge in [-0.05, 0) is 32.9 Å². The SMILES string of the molecule is CNC1CCCC1CN(C)CCO. The van der Waals surface area contributed by atoms with E-state index in [1.165, 1.54) is 19.3 Å². The van der Waals surface area contributed by atoms with Gasteiger partial charge in [0.2, 0.25) is 0 Å². The normalized spacial score (nSPS) is 28.6. The summed E-state index contributed by atoms with van der Waals surface area (Å²) in [6, 6.07) is 0.696. The molecule has 0 aromatic carbocycles. The summed E-state index contributed by atoms with van der Waals surface area (Å²) in [5.41, 5.74) is 0. The first kappa shape index (κ1) is 11.0. The van der Waals surface area contributed by atoms with Crippen LogP contribution in [0.3, 0.4) is 0 Å². The monoisotopic (exact) mass is 186 g/mol. The van der Waals surface area contributed by atoms with Crippen LogP contribution in [0.1, 0.15) is 19.3 Å². The average Bonchev–Trinajstić information content (AvgIpc) is 2.52. The van der Waals surface area contributed by atoms with Gasteiger partial charge in [0.1, 0.15) is 0 Å². The molecule has 0 spiro atoms. The van der Waals surface area contributed by atoms with Gasteiger partial charge in [0, 0.05) is 19.1 Å². The van der Waals surface area contributed by atoms with Gasteiger partial charge >= 0.3 is 0 Å². The van der Waals surface area contributed by atoms with E-state index in [0.717, 1.165) is 19.0 Å². The van der Waals surface area contributed by atoms with E-state index < -0.39 is 0 Å². The van der Waals surface area contributed by atoms with Crippen LogP contribution in [0.5, 0.6) is 0 Å². The Morgan fingerprint density at radius 2 is 2.23 bits per heavy atom. The molecule has 2 N–H and O–H groups in total. The maximum atomic E-state index is 8.78. The molecule has 2 unspecified atom stereocenters. The molecular weight excluding hydrogens is 164 g/mol. The van der Waals surface area contributed by atoms with Crippen molar-refractivity contribution in [2.24, 2.45) is 5.92 Å². The fraction of sp³-hybridized carbons (Fsp3) is 1.00. The second-order valence-corrected chi connectivity index (χ2v) is 4.07. The molecule has 1 aliphatic rings. The van der Waals surface area contributed by atoms with Crippen LogP contribution >= 0.6 is 0 Å². The molecule has 0 heterocycles. The number of nitrogens with zero attached hydrogens (tertiary/aromatic N) is 1. The zero-order valence-corrected chi connectivity index (χ0v) is 8.79. The highest BCUT2D eigenvalue weighted by molar-refractivity contribution is 4.83. The van der Waals surface area contributed by atoms with Crippen molar-refractivity contribution >= 4 is 0 Å². The second kappa shape index (κ2) is 5.58. The molecular formula is C10H22N2O. The molecule has 0 aromatic rings. The van der Waals surface area contributed by atoms with Gasteiger partial charge in [-0.3, -0.25) is 0 Å². The molecule has 3 nitrogen and oxygen atoms in total. The van der Waals surface area contributed by atoms with Crippen molar-refractivity contribution in [2.75, 3.05) is 33.8 Å². The average molecular weight is 186 g/mol. The number of rotatable bonds is 5.